The van der Waals surface area contributed by atoms with E-state index in [1.165, 1.54) is 0 Å². The van der Waals surface area contributed by atoms with Crippen molar-refractivity contribution < 1.29 is 23.9 Å². The van der Waals surface area contributed by atoms with Crippen molar-refractivity contribution in [3.63, 3.8) is 0 Å². The highest BCUT2D eigenvalue weighted by atomic mass is 16.5. The summed E-state index contributed by atoms with van der Waals surface area (Å²) in [5.74, 6) is -3.79. The number of benzene rings is 2. The van der Waals surface area contributed by atoms with E-state index in [9.17, 15) is 14.4 Å². The fraction of sp³-hybridized carbons (Fsp3) is 0.375. The van der Waals surface area contributed by atoms with Gasteiger partial charge in [0.15, 0.2) is 5.78 Å². The Morgan fingerprint density at radius 3 is 2.10 bits per heavy atom. The summed E-state index contributed by atoms with van der Waals surface area (Å²) in [6.07, 6.45) is 0. The normalized spacial score (nSPS) is 21.5. The standard InChI is InChI=1S/C32H36N4O5/c1-7-40-31(38)25-23(19-12-10-9-11-13-19)27(32(39)41-8-2)29(37)26-24(25)22-18(3)34-36(6)30(22)33-28(26)20-14-16-21(17-15-20)35(4)5/h9-17,23,25,27-28,33H,7-8H2,1-6H3/t23-,25+,27+,28-/m1/s1. The zero-order valence-electron chi connectivity index (χ0n) is 24.3. The van der Waals surface area contributed by atoms with Crippen molar-refractivity contribution >= 4 is 34.8 Å². The quantitative estimate of drug-likeness (QED) is 0.337. The molecule has 2 aromatic carbocycles. The molecule has 0 unspecified atom stereocenters. The zero-order chi connectivity index (χ0) is 29.4. The Hall–Kier alpha value is -4.40. The SMILES string of the molecule is CCOC(=O)[C@@H]1C(=O)C2=C(c3c(C)nn(C)c3N[C@@H]2c2ccc(N(C)C)cc2)[C@@H](C(=O)OCC)[C@H]1c1ccccc1. The van der Waals surface area contributed by atoms with Crippen molar-refractivity contribution in [2.45, 2.75) is 32.7 Å². The summed E-state index contributed by atoms with van der Waals surface area (Å²) < 4.78 is 12.9. The molecule has 1 aliphatic heterocycles. The molecule has 1 aliphatic carbocycles. The molecule has 3 aromatic rings. The number of hydrogen-bond acceptors (Lipinski definition) is 8. The van der Waals surface area contributed by atoms with Crippen molar-refractivity contribution in [2.75, 3.05) is 37.5 Å². The van der Waals surface area contributed by atoms with Crippen molar-refractivity contribution in [2.24, 2.45) is 18.9 Å². The fourth-order valence-electron chi connectivity index (χ4n) is 6.20. The minimum Gasteiger partial charge on any atom is -0.466 e. The molecule has 5 rings (SSSR count). The molecule has 9 nitrogen and oxygen atoms in total. The van der Waals surface area contributed by atoms with Crippen LogP contribution in [0.25, 0.3) is 5.57 Å². The molecule has 9 heteroatoms. The number of ether oxygens (including phenoxy) is 2. The van der Waals surface area contributed by atoms with Crippen LogP contribution in [0.4, 0.5) is 11.5 Å². The van der Waals surface area contributed by atoms with E-state index in [1.807, 2.05) is 87.6 Å². The summed E-state index contributed by atoms with van der Waals surface area (Å²) in [6.45, 7) is 5.58. The average molecular weight is 557 g/mol. The number of aromatic nitrogens is 2. The molecular weight excluding hydrogens is 520 g/mol. The van der Waals surface area contributed by atoms with Gasteiger partial charge in [-0.1, -0.05) is 42.5 Å². The summed E-state index contributed by atoms with van der Waals surface area (Å²) in [6, 6.07) is 16.5. The Kier molecular flexibility index (Phi) is 7.71. The number of esters is 2. The van der Waals surface area contributed by atoms with Crippen LogP contribution in [-0.2, 0) is 30.9 Å². The smallest absolute Gasteiger partial charge is 0.317 e. The number of aryl methyl sites for hydroxylation is 2. The molecule has 0 bridgehead atoms. The van der Waals surface area contributed by atoms with Crippen LogP contribution in [0, 0.1) is 18.8 Å². The van der Waals surface area contributed by atoms with Crippen LogP contribution >= 0.6 is 0 Å². The number of carbonyl (C=O) groups is 3. The summed E-state index contributed by atoms with van der Waals surface area (Å²) >= 11 is 0. The summed E-state index contributed by atoms with van der Waals surface area (Å²) in [5.41, 5.74) is 4.81. The number of nitrogens with one attached hydrogen (secondary N) is 1. The van der Waals surface area contributed by atoms with Gasteiger partial charge in [0.25, 0.3) is 0 Å². The number of anilines is 2. The fourth-order valence-corrected chi connectivity index (χ4v) is 6.20. The second-order valence-electron chi connectivity index (χ2n) is 10.6. The van der Waals surface area contributed by atoms with Gasteiger partial charge >= 0.3 is 11.9 Å². The van der Waals surface area contributed by atoms with Gasteiger partial charge in [-0.25, -0.2) is 0 Å². The highest BCUT2D eigenvalue weighted by molar-refractivity contribution is 6.19. The van der Waals surface area contributed by atoms with E-state index in [0.29, 0.717) is 33.8 Å². The van der Waals surface area contributed by atoms with Gasteiger partial charge in [0, 0.05) is 43.9 Å². The van der Waals surface area contributed by atoms with Gasteiger partial charge in [0.05, 0.1) is 30.9 Å². The molecule has 0 saturated heterocycles. The Balaban J connectivity index is 1.83. The second-order valence-corrected chi connectivity index (χ2v) is 10.6. The number of carbonyl (C=O) groups excluding carboxylic acids is 3. The van der Waals surface area contributed by atoms with Crippen LogP contribution in [0.15, 0.2) is 60.2 Å². The first-order valence-corrected chi connectivity index (χ1v) is 13.9. The van der Waals surface area contributed by atoms with E-state index in [2.05, 4.69) is 10.4 Å². The van der Waals surface area contributed by atoms with Gasteiger partial charge in [-0.15, -0.1) is 0 Å². The lowest BCUT2D eigenvalue weighted by molar-refractivity contribution is -0.154. The van der Waals surface area contributed by atoms with Gasteiger partial charge in [-0.2, -0.15) is 5.10 Å². The van der Waals surface area contributed by atoms with E-state index in [-0.39, 0.29) is 19.0 Å². The molecule has 1 N–H and O–H groups in total. The Morgan fingerprint density at radius 1 is 0.902 bits per heavy atom. The molecule has 41 heavy (non-hydrogen) atoms. The monoisotopic (exact) mass is 556 g/mol. The third-order valence-corrected chi connectivity index (χ3v) is 7.94. The van der Waals surface area contributed by atoms with Crippen LogP contribution in [0.1, 0.15) is 48.2 Å². The van der Waals surface area contributed by atoms with Gasteiger partial charge < -0.3 is 19.7 Å². The molecule has 0 spiro atoms. The topological polar surface area (TPSA) is 103 Å². The van der Waals surface area contributed by atoms with E-state index >= 15 is 0 Å². The predicted molar refractivity (Wildman–Crippen MR) is 156 cm³/mol. The van der Waals surface area contributed by atoms with Gasteiger partial charge in [0.2, 0.25) is 0 Å². The molecule has 4 atom stereocenters. The van der Waals surface area contributed by atoms with E-state index in [0.717, 1.165) is 11.3 Å². The lowest BCUT2D eigenvalue weighted by Gasteiger charge is -2.42. The third-order valence-electron chi connectivity index (χ3n) is 7.94. The van der Waals surface area contributed by atoms with Crippen molar-refractivity contribution in [3.8, 4) is 0 Å². The molecule has 1 aromatic heterocycles. The molecule has 0 saturated carbocycles. The predicted octanol–water partition coefficient (Wildman–Crippen LogP) is 4.44. The lowest BCUT2D eigenvalue weighted by Crippen LogP contribution is -2.46. The Labute approximate surface area is 240 Å². The van der Waals surface area contributed by atoms with Crippen LogP contribution in [0.3, 0.4) is 0 Å². The molecule has 0 amide bonds. The van der Waals surface area contributed by atoms with Gasteiger partial charge in [-0.05, 0) is 49.6 Å². The van der Waals surface area contributed by atoms with E-state index < -0.39 is 35.7 Å². The summed E-state index contributed by atoms with van der Waals surface area (Å²) in [4.78, 5) is 44.3. The molecule has 2 aliphatic rings. The van der Waals surface area contributed by atoms with Crippen molar-refractivity contribution in [1.29, 1.82) is 0 Å². The highest BCUT2D eigenvalue weighted by Gasteiger charge is 2.55. The molecular formula is C32H36N4O5. The Bertz CT molecular complexity index is 1510. The number of nitrogens with zero attached hydrogens (tertiary/aromatic N) is 3. The zero-order valence-corrected chi connectivity index (χ0v) is 24.3. The number of fused-ring (bicyclic) bond motifs is 2. The van der Waals surface area contributed by atoms with Crippen molar-refractivity contribution in [3.05, 3.63) is 82.6 Å². The highest BCUT2D eigenvalue weighted by Crippen LogP contribution is 2.55. The lowest BCUT2D eigenvalue weighted by atomic mass is 9.61. The molecule has 2 heterocycles. The van der Waals surface area contributed by atoms with E-state index in [4.69, 9.17) is 9.47 Å². The van der Waals surface area contributed by atoms with Gasteiger partial charge in [0.1, 0.15) is 11.7 Å². The largest absolute Gasteiger partial charge is 0.466 e. The van der Waals surface area contributed by atoms with Crippen LogP contribution in [0.2, 0.25) is 0 Å². The molecule has 0 radical (unpaired) electrons. The maximum absolute atomic E-state index is 14.7. The molecule has 214 valence electrons. The number of hydrogen-bond donors (Lipinski definition) is 1. The number of ketones is 1. The number of Topliss-reactive ketones (excluding diaryl/α,β-unsaturated/α-hetero) is 1. The first kappa shape index (κ1) is 28.1. The van der Waals surface area contributed by atoms with Crippen LogP contribution in [-0.4, -0.2) is 54.8 Å². The summed E-state index contributed by atoms with van der Waals surface area (Å²) in [5, 5.41) is 8.18. The molecule has 0 fully saturated rings. The summed E-state index contributed by atoms with van der Waals surface area (Å²) in [7, 11) is 5.75. The first-order valence-electron chi connectivity index (χ1n) is 13.9. The average Bonchev–Trinajstić information content (AvgIpc) is 3.25. The minimum absolute atomic E-state index is 0.111. The van der Waals surface area contributed by atoms with Crippen LogP contribution in [0.5, 0.6) is 0 Å². The first-order chi connectivity index (χ1) is 19.7. The van der Waals surface area contributed by atoms with Crippen molar-refractivity contribution in [1.82, 2.24) is 9.78 Å². The van der Waals surface area contributed by atoms with E-state index in [1.54, 1.807) is 18.5 Å². The third kappa shape index (κ3) is 4.79. The maximum atomic E-state index is 14.7. The Morgan fingerprint density at radius 2 is 1.51 bits per heavy atom. The second kappa shape index (κ2) is 11.2. The van der Waals surface area contributed by atoms with Gasteiger partial charge in [-0.3, -0.25) is 19.1 Å². The minimum atomic E-state index is -1.23. The maximum Gasteiger partial charge on any atom is 0.317 e. The number of rotatable bonds is 7. The van der Waals surface area contributed by atoms with Crippen LogP contribution < -0.4 is 10.2 Å².